The quantitative estimate of drug-likeness (QED) is 0.827. The Morgan fingerprint density at radius 1 is 1.26 bits per heavy atom. The van der Waals surface area contributed by atoms with Crippen LogP contribution in [0.25, 0.3) is 0 Å². The summed E-state index contributed by atoms with van der Waals surface area (Å²) in [6, 6.07) is 8.28. The first kappa shape index (κ1) is 13.9. The van der Waals surface area contributed by atoms with Gasteiger partial charge < -0.3 is 10.4 Å². The first-order chi connectivity index (χ1) is 9.24. The van der Waals surface area contributed by atoms with Gasteiger partial charge >= 0.3 is 5.97 Å². The van der Waals surface area contributed by atoms with Crippen LogP contribution in [0.2, 0.25) is 0 Å². The molecule has 2 rings (SSSR count). The van der Waals surface area contributed by atoms with E-state index < -0.39 is 5.97 Å². The molecular formula is C15H22N2O2. The number of likely N-dealkylation sites (tertiary alicyclic amines) is 1. The Morgan fingerprint density at radius 3 is 2.79 bits per heavy atom. The number of carboxylic acid groups (broad SMARTS) is 1. The van der Waals surface area contributed by atoms with E-state index in [1.54, 1.807) is 0 Å². The van der Waals surface area contributed by atoms with Gasteiger partial charge in [-0.1, -0.05) is 18.6 Å². The Hall–Kier alpha value is -1.55. The zero-order valence-electron chi connectivity index (χ0n) is 11.3. The SMILES string of the molecule is O=C(O)CCNc1cccc(CN2CCCCC2)c1. The Bertz CT molecular complexity index is 414. The number of carbonyl (C=O) groups is 1. The molecule has 4 heteroatoms. The lowest BCUT2D eigenvalue weighted by molar-refractivity contribution is -0.136. The molecule has 0 radical (unpaired) electrons. The third-order valence-corrected chi connectivity index (χ3v) is 3.45. The summed E-state index contributed by atoms with van der Waals surface area (Å²) in [6.07, 6.45) is 4.11. The van der Waals surface area contributed by atoms with Crippen molar-refractivity contribution in [2.24, 2.45) is 0 Å². The van der Waals surface area contributed by atoms with Crippen LogP contribution >= 0.6 is 0 Å². The van der Waals surface area contributed by atoms with Crippen molar-refractivity contribution in [2.45, 2.75) is 32.2 Å². The van der Waals surface area contributed by atoms with Crippen molar-refractivity contribution in [3.63, 3.8) is 0 Å². The van der Waals surface area contributed by atoms with E-state index in [0.717, 1.165) is 12.2 Å². The smallest absolute Gasteiger partial charge is 0.305 e. The van der Waals surface area contributed by atoms with Crippen molar-refractivity contribution in [1.82, 2.24) is 4.90 Å². The molecule has 19 heavy (non-hydrogen) atoms. The molecule has 1 heterocycles. The highest BCUT2D eigenvalue weighted by molar-refractivity contribution is 5.67. The van der Waals surface area contributed by atoms with E-state index in [2.05, 4.69) is 22.3 Å². The molecule has 4 nitrogen and oxygen atoms in total. The normalized spacial score (nSPS) is 16.2. The van der Waals surface area contributed by atoms with E-state index in [0.29, 0.717) is 6.54 Å². The van der Waals surface area contributed by atoms with Crippen LogP contribution in [-0.2, 0) is 11.3 Å². The molecule has 0 amide bonds. The minimum absolute atomic E-state index is 0.149. The van der Waals surface area contributed by atoms with Crippen LogP contribution in [0.1, 0.15) is 31.2 Å². The Morgan fingerprint density at radius 2 is 2.05 bits per heavy atom. The average Bonchev–Trinajstić information content (AvgIpc) is 2.40. The first-order valence-electron chi connectivity index (χ1n) is 7.01. The number of nitrogens with one attached hydrogen (secondary N) is 1. The third-order valence-electron chi connectivity index (χ3n) is 3.45. The van der Waals surface area contributed by atoms with Gasteiger partial charge in [-0.2, -0.15) is 0 Å². The summed E-state index contributed by atoms with van der Waals surface area (Å²) in [5.41, 5.74) is 2.30. The van der Waals surface area contributed by atoms with Gasteiger partial charge in [-0.05, 0) is 43.6 Å². The molecule has 0 aromatic heterocycles. The lowest BCUT2D eigenvalue weighted by Gasteiger charge is -2.26. The summed E-state index contributed by atoms with van der Waals surface area (Å²) in [5, 5.41) is 11.8. The summed E-state index contributed by atoms with van der Waals surface area (Å²) >= 11 is 0. The molecule has 1 fully saturated rings. The van der Waals surface area contributed by atoms with Crippen LogP contribution in [-0.4, -0.2) is 35.6 Å². The van der Waals surface area contributed by atoms with Crippen LogP contribution in [0.15, 0.2) is 24.3 Å². The highest BCUT2D eigenvalue weighted by atomic mass is 16.4. The summed E-state index contributed by atoms with van der Waals surface area (Å²) < 4.78 is 0. The minimum Gasteiger partial charge on any atom is -0.481 e. The molecule has 0 saturated carbocycles. The zero-order valence-corrected chi connectivity index (χ0v) is 11.3. The molecule has 0 bridgehead atoms. The number of carboxylic acids is 1. The maximum atomic E-state index is 10.5. The number of benzene rings is 1. The second-order valence-electron chi connectivity index (χ2n) is 5.11. The summed E-state index contributed by atoms with van der Waals surface area (Å²) in [5.74, 6) is -0.767. The Kier molecular flexibility index (Phi) is 5.21. The van der Waals surface area contributed by atoms with E-state index in [1.807, 2.05) is 12.1 Å². The number of nitrogens with zero attached hydrogens (tertiary/aromatic N) is 1. The zero-order chi connectivity index (χ0) is 13.5. The summed E-state index contributed by atoms with van der Waals surface area (Å²) in [7, 11) is 0. The van der Waals surface area contributed by atoms with Crippen molar-refractivity contribution in [1.29, 1.82) is 0 Å². The van der Waals surface area contributed by atoms with Gasteiger partial charge in [-0.25, -0.2) is 0 Å². The highest BCUT2D eigenvalue weighted by Gasteiger charge is 2.10. The maximum absolute atomic E-state index is 10.5. The average molecular weight is 262 g/mol. The number of rotatable bonds is 6. The number of piperidine rings is 1. The Labute approximate surface area is 114 Å². The maximum Gasteiger partial charge on any atom is 0.305 e. The molecular weight excluding hydrogens is 240 g/mol. The number of aliphatic carboxylic acids is 1. The largest absolute Gasteiger partial charge is 0.481 e. The summed E-state index contributed by atoms with van der Waals surface area (Å²) in [6.45, 7) is 3.85. The lowest BCUT2D eigenvalue weighted by Crippen LogP contribution is -2.29. The van der Waals surface area contributed by atoms with Gasteiger partial charge in [-0.15, -0.1) is 0 Å². The lowest BCUT2D eigenvalue weighted by atomic mass is 10.1. The number of hydrogen-bond acceptors (Lipinski definition) is 3. The Balaban J connectivity index is 1.85. The molecule has 0 spiro atoms. The van der Waals surface area contributed by atoms with E-state index in [9.17, 15) is 4.79 Å². The van der Waals surface area contributed by atoms with E-state index in [1.165, 1.54) is 37.9 Å². The van der Waals surface area contributed by atoms with Gasteiger partial charge in [0, 0.05) is 18.8 Å². The van der Waals surface area contributed by atoms with Crippen LogP contribution < -0.4 is 5.32 Å². The predicted octanol–water partition coefficient (Wildman–Crippen LogP) is 2.56. The van der Waals surface area contributed by atoms with Gasteiger partial charge in [-0.3, -0.25) is 9.69 Å². The first-order valence-corrected chi connectivity index (χ1v) is 7.01. The standard InChI is InChI=1S/C15H22N2O2/c18-15(19)7-8-16-14-6-4-5-13(11-14)12-17-9-2-1-3-10-17/h4-6,11,16H,1-3,7-10,12H2,(H,18,19). The molecule has 0 atom stereocenters. The second kappa shape index (κ2) is 7.14. The monoisotopic (exact) mass is 262 g/mol. The van der Waals surface area contributed by atoms with Gasteiger partial charge in [0.2, 0.25) is 0 Å². The molecule has 2 N–H and O–H groups in total. The molecule has 104 valence electrons. The second-order valence-corrected chi connectivity index (χ2v) is 5.11. The fourth-order valence-corrected chi connectivity index (χ4v) is 2.47. The molecule has 1 aromatic rings. The molecule has 1 aromatic carbocycles. The summed E-state index contributed by atoms with van der Waals surface area (Å²) in [4.78, 5) is 13.0. The van der Waals surface area contributed by atoms with Gasteiger partial charge in [0.1, 0.15) is 0 Å². The van der Waals surface area contributed by atoms with Crippen LogP contribution in [0.3, 0.4) is 0 Å². The minimum atomic E-state index is -0.767. The van der Waals surface area contributed by atoms with Crippen molar-refractivity contribution < 1.29 is 9.90 Å². The van der Waals surface area contributed by atoms with Crippen LogP contribution in [0, 0.1) is 0 Å². The fraction of sp³-hybridized carbons (Fsp3) is 0.533. The topological polar surface area (TPSA) is 52.6 Å². The van der Waals surface area contributed by atoms with Crippen LogP contribution in [0.5, 0.6) is 0 Å². The fourth-order valence-electron chi connectivity index (χ4n) is 2.47. The van der Waals surface area contributed by atoms with Gasteiger partial charge in [0.05, 0.1) is 6.42 Å². The highest BCUT2D eigenvalue weighted by Crippen LogP contribution is 2.16. The third kappa shape index (κ3) is 4.91. The molecule has 0 unspecified atom stereocenters. The van der Waals surface area contributed by atoms with Gasteiger partial charge in [0.15, 0.2) is 0 Å². The van der Waals surface area contributed by atoms with E-state index >= 15 is 0 Å². The van der Waals surface area contributed by atoms with Crippen molar-refractivity contribution >= 4 is 11.7 Å². The van der Waals surface area contributed by atoms with Crippen molar-refractivity contribution in [3.8, 4) is 0 Å². The van der Waals surface area contributed by atoms with Crippen LogP contribution in [0.4, 0.5) is 5.69 Å². The van der Waals surface area contributed by atoms with E-state index in [-0.39, 0.29) is 6.42 Å². The van der Waals surface area contributed by atoms with E-state index in [4.69, 9.17) is 5.11 Å². The molecule has 1 saturated heterocycles. The number of anilines is 1. The number of hydrogen-bond donors (Lipinski definition) is 2. The van der Waals surface area contributed by atoms with Crippen molar-refractivity contribution in [2.75, 3.05) is 25.0 Å². The molecule has 1 aliphatic rings. The molecule has 1 aliphatic heterocycles. The molecule has 0 aliphatic carbocycles. The van der Waals surface area contributed by atoms with Gasteiger partial charge in [0.25, 0.3) is 0 Å². The van der Waals surface area contributed by atoms with Crippen molar-refractivity contribution in [3.05, 3.63) is 29.8 Å². The predicted molar refractivity (Wildman–Crippen MR) is 76.3 cm³/mol.